The minimum Gasteiger partial charge on any atom is -0.347 e. The Bertz CT molecular complexity index is 792. The fourth-order valence-electron chi connectivity index (χ4n) is 4.11. The number of carbonyl (C=O) groups is 2. The first-order valence-electron chi connectivity index (χ1n) is 8.71. The van der Waals surface area contributed by atoms with E-state index >= 15 is 0 Å². The van der Waals surface area contributed by atoms with Crippen molar-refractivity contribution in [1.29, 1.82) is 0 Å². The van der Waals surface area contributed by atoms with Crippen LogP contribution in [0.4, 0.5) is 4.79 Å². The lowest BCUT2D eigenvalue weighted by Gasteiger charge is -2.23. The number of benzene rings is 1. The maximum Gasteiger partial charge on any atom is 0.289 e. The highest BCUT2D eigenvalue weighted by Gasteiger charge is 2.39. The number of likely N-dealkylation sites (N-methyl/N-ethyl adjacent to an activating group) is 1. The number of hydrogen-bond donors (Lipinski definition) is 0. The zero-order chi connectivity index (χ0) is 16.7. The fraction of sp³-hybridized carbons (Fsp3) is 0.474. The first kappa shape index (κ1) is 15.8. The maximum absolute atomic E-state index is 12.3. The maximum atomic E-state index is 12.3. The summed E-state index contributed by atoms with van der Waals surface area (Å²) in [5, 5.41) is 0.854. The van der Waals surface area contributed by atoms with Gasteiger partial charge in [-0.15, -0.1) is 0 Å². The minimum atomic E-state index is -0.461. The number of nitrogens with zero attached hydrogens (tertiary/aromatic N) is 2. The van der Waals surface area contributed by atoms with Crippen molar-refractivity contribution < 1.29 is 9.59 Å². The summed E-state index contributed by atoms with van der Waals surface area (Å²) in [4.78, 5) is 25.6. The molecule has 0 radical (unpaired) electrons. The molecule has 1 aliphatic heterocycles. The molecule has 2 fully saturated rings. The van der Waals surface area contributed by atoms with E-state index in [9.17, 15) is 9.59 Å². The second kappa shape index (κ2) is 6.28. The van der Waals surface area contributed by atoms with Crippen LogP contribution in [0.15, 0.2) is 30.5 Å². The van der Waals surface area contributed by atoms with Crippen molar-refractivity contribution in [3.05, 3.63) is 36.0 Å². The molecule has 24 heavy (non-hydrogen) atoms. The van der Waals surface area contributed by atoms with Gasteiger partial charge in [0.25, 0.3) is 5.24 Å². The van der Waals surface area contributed by atoms with Gasteiger partial charge < -0.3 is 9.47 Å². The molecule has 0 bridgehead atoms. The van der Waals surface area contributed by atoms with E-state index in [1.165, 1.54) is 37.6 Å². The Morgan fingerprint density at radius 2 is 1.92 bits per heavy atom. The lowest BCUT2D eigenvalue weighted by Crippen LogP contribution is -2.23. The highest BCUT2D eigenvalue weighted by Crippen LogP contribution is 2.38. The SMILES string of the molecule is CN1C(=O)SC(=O)C1c1cccc2c1ccn2CC1CCCCC1. The van der Waals surface area contributed by atoms with Gasteiger partial charge in [0.15, 0.2) is 0 Å². The molecule has 5 heteroatoms. The van der Waals surface area contributed by atoms with E-state index in [0.29, 0.717) is 0 Å². The zero-order valence-corrected chi connectivity index (χ0v) is 14.7. The van der Waals surface area contributed by atoms with E-state index in [-0.39, 0.29) is 10.4 Å². The van der Waals surface area contributed by atoms with Crippen LogP contribution < -0.4 is 0 Å². The van der Waals surface area contributed by atoms with Crippen molar-refractivity contribution in [2.24, 2.45) is 5.92 Å². The van der Waals surface area contributed by atoms with Gasteiger partial charge in [0.1, 0.15) is 6.04 Å². The molecule has 2 aliphatic rings. The summed E-state index contributed by atoms with van der Waals surface area (Å²) in [6.07, 6.45) is 8.82. The van der Waals surface area contributed by atoms with Crippen molar-refractivity contribution in [2.75, 3.05) is 7.05 Å². The predicted octanol–water partition coefficient (Wildman–Crippen LogP) is 4.59. The molecule has 1 aliphatic carbocycles. The van der Waals surface area contributed by atoms with Gasteiger partial charge in [-0.05, 0) is 36.5 Å². The van der Waals surface area contributed by atoms with Gasteiger partial charge >= 0.3 is 0 Å². The van der Waals surface area contributed by atoms with E-state index in [1.54, 1.807) is 11.9 Å². The highest BCUT2D eigenvalue weighted by atomic mass is 32.2. The molecule has 1 unspecified atom stereocenters. The van der Waals surface area contributed by atoms with Crippen LogP contribution in [0.1, 0.15) is 43.7 Å². The van der Waals surface area contributed by atoms with Crippen molar-refractivity contribution in [1.82, 2.24) is 9.47 Å². The Morgan fingerprint density at radius 3 is 2.62 bits per heavy atom. The van der Waals surface area contributed by atoms with Crippen molar-refractivity contribution >= 4 is 33.0 Å². The highest BCUT2D eigenvalue weighted by molar-refractivity contribution is 8.26. The van der Waals surface area contributed by atoms with Crippen molar-refractivity contribution in [3.63, 3.8) is 0 Å². The Labute approximate surface area is 146 Å². The van der Waals surface area contributed by atoms with Crippen molar-refractivity contribution in [2.45, 2.75) is 44.7 Å². The lowest BCUT2D eigenvalue weighted by molar-refractivity contribution is -0.113. The number of thioether (sulfide) groups is 1. The van der Waals surface area contributed by atoms with Gasteiger partial charge in [-0.3, -0.25) is 9.59 Å². The molecule has 0 spiro atoms. The van der Waals surface area contributed by atoms with Crippen LogP contribution in [0.2, 0.25) is 0 Å². The topological polar surface area (TPSA) is 42.3 Å². The number of fused-ring (bicyclic) bond motifs is 1. The third kappa shape index (κ3) is 2.65. The fourth-order valence-corrected chi connectivity index (χ4v) is 4.92. The molecule has 1 amide bonds. The summed E-state index contributed by atoms with van der Waals surface area (Å²) in [5.41, 5.74) is 2.12. The van der Waals surface area contributed by atoms with Crippen LogP contribution in [0, 0.1) is 5.92 Å². The molecular weight excluding hydrogens is 320 g/mol. The van der Waals surface area contributed by atoms with Crippen LogP contribution in [0.5, 0.6) is 0 Å². The lowest BCUT2D eigenvalue weighted by atomic mass is 9.89. The molecule has 1 saturated carbocycles. The number of amides is 1. The smallest absolute Gasteiger partial charge is 0.289 e. The summed E-state index contributed by atoms with van der Waals surface area (Å²) in [6, 6.07) is 7.74. The summed E-state index contributed by atoms with van der Waals surface area (Å²) in [7, 11) is 1.71. The summed E-state index contributed by atoms with van der Waals surface area (Å²) < 4.78 is 2.32. The minimum absolute atomic E-state index is 0.0740. The second-order valence-electron chi connectivity index (χ2n) is 6.95. The average molecular weight is 342 g/mol. The monoisotopic (exact) mass is 342 g/mol. The Kier molecular flexibility index (Phi) is 4.12. The van der Waals surface area contributed by atoms with Gasteiger partial charge in [-0.25, -0.2) is 0 Å². The largest absolute Gasteiger partial charge is 0.347 e. The predicted molar refractivity (Wildman–Crippen MR) is 97.0 cm³/mol. The molecule has 0 N–H and O–H groups in total. The van der Waals surface area contributed by atoms with Crippen LogP contribution in [0.3, 0.4) is 0 Å². The third-order valence-electron chi connectivity index (χ3n) is 5.41. The second-order valence-corrected chi connectivity index (χ2v) is 7.91. The van der Waals surface area contributed by atoms with Gasteiger partial charge in [-0.1, -0.05) is 31.4 Å². The van der Waals surface area contributed by atoms with Crippen LogP contribution in [0.25, 0.3) is 10.9 Å². The zero-order valence-electron chi connectivity index (χ0n) is 13.9. The molecule has 4 rings (SSSR count). The first-order valence-corrected chi connectivity index (χ1v) is 9.53. The summed E-state index contributed by atoms with van der Waals surface area (Å²) >= 11 is 0.817. The van der Waals surface area contributed by atoms with E-state index in [4.69, 9.17) is 0 Å². The number of aromatic nitrogens is 1. The van der Waals surface area contributed by atoms with Gasteiger partial charge in [0.2, 0.25) is 5.12 Å². The Balaban J connectivity index is 1.69. The average Bonchev–Trinajstić information content (AvgIpc) is 3.10. The molecule has 2 heterocycles. The van der Waals surface area contributed by atoms with Gasteiger partial charge in [-0.2, -0.15) is 0 Å². The summed E-state index contributed by atoms with van der Waals surface area (Å²) in [5.74, 6) is 0.755. The number of rotatable bonds is 3. The number of hydrogen-bond acceptors (Lipinski definition) is 3. The van der Waals surface area contributed by atoms with Crippen molar-refractivity contribution in [3.8, 4) is 0 Å². The molecule has 4 nitrogen and oxygen atoms in total. The van der Waals surface area contributed by atoms with Crippen LogP contribution >= 0.6 is 11.8 Å². The molecule has 1 atom stereocenters. The van der Waals surface area contributed by atoms with E-state index < -0.39 is 6.04 Å². The van der Waals surface area contributed by atoms with E-state index in [2.05, 4.69) is 22.9 Å². The quantitative estimate of drug-likeness (QED) is 0.819. The van der Waals surface area contributed by atoms with Crippen LogP contribution in [-0.2, 0) is 11.3 Å². The molecule has 1 aromatic heterocycles. The standard InChI is InChI=1S/C19H22N2O2S/c1-20-17(18(22)24-19(20)23)15-8-5-9-16-14(15)10-11-21(16)12-13-6-3-2-4-7-13/h5,8-11,13,17H,2-4,6-7,12H2,1H3. The normalized spacial score (nSPS) is 22.7. The van der Waals surface area contributed by atoms with Gasteiger partial charge in [0, 0.05) is 42.5 Å². The molecule has 126 valence electrons. The molecule has 2 aromatic rings. The Hall–Kier alpha value is -1.75. The first-order chi connectivity index (χ1) is 11.6. The van der Waals surface area contributed by atoms with E-state index in [1.807, 2.05) is 12.1 Å². The van der Waals surface area contributed by atoms with Crippen LogP contribution in [-0.4, -0.2) is 26.9 Å². The summed E-state index contributed by atoms with van der Waals surface area (Å²) in [6.45, 7) is 1.05. The Morgan fingerprint density at radius 1 is 1.12 bits per heavy atom. The molecular formula is C19H22N2O2S. The van der Waals surface area contributed by atoms with E-state index in [0.717, 1.165) is 35.2 Å². The molecule has 1 saturated heterocycles. The molecule has 1 aromatic carbocycles. The van der Waals surface area contributed by atoms with Gasteiger partial charge in [0.05, 0.1) is 0 Å². The third-order valence-corrected chi connectivity index (χ3v) is 6.30. The number of carbonyl (C=O) groups excluding carboxylic acids is 2.